The maximum atomic E-state index is 6.05. The first-order valence-corrected chi connectivity index (χ1v) is 8.51. The van der Waals surface area contributed by atoms with Crippen molar-refractivity contribution in [3.05, 3.63) is 40.0 Å². The highest BCUT2D eigenvalue weighted by Gasteiger charge is 2.20. The van der Waals surface area contributed by atoms with Crippen molar-refractivity contribution in [3.63, 3.8) is 0 Å². The quantitative estimate of drug-likeness (QED) is 0.503. The summed E-state index contributed by atoms with van der Waals surface area (Å²) in [5.74, 6) is 0. The van der Waals surface area contributed by atoms with Crippen LogP contribution in [0.15, 0.2) is 36.4 Å². The van der Waals surface area contributed by atoms with Crippen molar-refractivity contribution >= 4 is 57.7 Å². The van der Waals surface area contributed by atoms with Crippen LogP contribution in [0.1, 0.15) is 18.9 Å². The fourth-order valence-electron chi connectivity index (χ4n) is 3.50. The number of piperidine rings is 1. The standard InChI is InChI=1S/C17H16BIN2/c18-11-1-3-14-15-4-2-12(19)10-17(15)21(16(14)9-11)13-5-7-20-8-6-13/h1-4,9-10,13,20H,5-8H2. The number of rotatable bonds is 1. The summed E-state index contributed by atoms with van der Waals surface area (Å²) in [5.41, 5.74) is 3.46. The lowest BCUT2D eigenvalue weighted by atomic mass is 9.95. The molecule has 4 heteroatoms. The highest BCUT2D eigenvalue weighted by molar-refractivity contribution is 14.1. The van der Waals surface area contributed by atoms with Crippen LogP contribution in [-0.4, -0.2) is 25.5 Å². The molecule has 1 N–H and O–H groups in total. The van der Waals surface area contributed by atoms with Gasteiger partial charge in [-0.2, -0.15) is 0 Å². The van der Waals surface area contributed by atoms with E-state index in [-0.39, 0.29) is 0 Å². The minimum Gasteiger partial charge on any atom is -0.337 e. The molecule has 3 aromatic rings. The number of hydrogen-bond donors (Lipinski definition) is 1. The zero-order chi connectivity index (χ0) is 14.4. The van der Waals surface area contributed by atoms with Crippen LogP contribution >= 0.6 is 22.6 Å². The van der Waals surface area contributed by atoms with Crippen molar-refractivity contribution in [2.45, 2.75) is 18.9 Å². The third-order valence-electron chi connectivity index (χ3n) is 4.46. The molecule has 0 unspecified atom stereocenters. The van der Waals surface area contributed by atoms with E-state index in [1.807, 2.05) is 6.07 Å². The minimum absolute atomic E-state index is 0.561. The molecule has 1 fully saturated rings. The third-order valence-corrected chi connectivity index (χ3v) is 5.14. The summed E-state index contributed by atoms with van der Waals surface area (Å²) >= 11 is 2.40. The van der Waals surface area contributed by atoms with Crippen LogP contribution in [0.2, 0.25) is 0 Å². The summed E-state index contributed by atoms with van der Waals surface area (Å²) in [4.78, 5) is 0. The average Bonchev–Trinajstić information content (AvgIpc) is 2.80. The summed E-state index contributed by atoms with van der Waals surface area (Å²) in [6.07, 6.45) is 2.36. The van der Waals surface area contributed by atoms with Gasteiger partial charge in [0.15, 0.2) is 0 Å². The van der Waals surface area contributed by atoms with Gasteiger partial charge in [0.2, 0.25) is 0 Å². The van der Waals surface area contributed by atoms with Gasteiger partial charge in [-0.05, 0) is 66.7 Å². The molecule has 2 radical (unpaired) electrons. The maximum absolute atomic E-state index is 6.05. The van der Waals surface area contributed by atoms with Crippen LogP contribution in [0.25, 0.3) is 21.8 Å². The van der Waals surface area contributed by atoms with Gasteiger partial charge < -0.3 is 9.88 Å². The number of fused-ring (bicyclic) bond motifs is 3. The molecule has 0 bridgehead atoms. The fraction of sp³-hybridized carbons (Fsp3) is 0.294. The Morgan fingerprint density at radius 1 is 1.00 bits per heavy atom. The number of aromatic nitrogens is 1. The molecule has 1 saturated heterocycles. The van der Waals surface area contributed by atoms with Crippen LogP contribution < -0.4 is 10.8 Å². The first-order valence-electron chi connectivity index (χ1n) is 7.43. The Kier molecular flexibility index (Phi) is 3.46. The van der Waals surface area contributed by atoms with Gasteiger partial charge in [0, 0.05) is 25.9 Å². The van der Waals surface area contributed by atoms with E-state index < -0.39 is 0 Å². The van der Waals surface area contributed by atoms with Crippen molar-refractivity contribution in [1.29, 1.82) is 0 Å². The molecule has 104 valence electrons. The molecule has 0 saturated carbocycles. The third kappa shape index (κ3) is 2.29. The van der Waals surface area contributed by atoms with E-state index in [0.29, 0.717) is 6.04 Å². The molecule has 2 nitrogen and oxygen atoms in total. The summed E-state index contributed by atoms with van der Waals surface area (Å²) in [5, 5.41) is 6.11. The van der Waals surface area contributed by atoms with Gasteiger partial charge in [0.25, 0.3) is 0 Å². The van der Waals surface area contributed by atoms with Crippen LogP contribution in [0.5, 0.6) is 0 Å². The van der Waals surface area contributed by atoms with Crippen LogP contribution in [0.4, 0.5) is 0 Å². The smallest absolute Gasteiger partial charge is 0.113 e. The van der Waals surface area contributed by atoms with Gasteiger partial charge >= 0.3 is 0 Å². The van der Waals surface area contributed by atoms with Gasteiger partial charge in [-0.1, -0.05) is 23.7 Å². The second-order valence-corrected chi connectivity index (χ2v) is 7.03. The van der Waals surface area contributed by atoms with Gasteiger partial charge in [-0.3, -0.25) is 0 Å². The van der Waals surface area contributed by atoms with Crippen LogP contribution in [0, 0.1) is 3.57 Å². The molecule has 2 heterocycles. The number of nitrogens with one attached hydrogen (secondary N) is 1. The molecule has 0 spiro atoms. The Morgan fingerprint density at radius 3 is 2.43 bits per heavy atom. The second-order valence-electron chi connectivity index (χ2n) is 5.79. The molecule has 0 aliphatic carbocycles. The largest absolute Gasteiger partial charge is 0.337 e. The maximum Gasteiger partial charge on any atom is 0.113 e. The van der Waals surface area contributed by atoms with Gasteiger partial charge in [-0.25, -0.2) is 0 Å². The van der Waals surface area contributed by atoms with E-state index >= 15 is 0 Å². The summed E-state index contributed by atoms with van der Waals surface area (Å²) in [6, 6.07) is 13.6. The van der Waals surface area contributed by atoms with Crippen molar-refractivity contribution < 1.29 is 0 Å². The van der Waals surface area contributed by atoms with E-state index in [2.05, 4.69) is 62.8 Å². The second kappa shape index (κ2) is 5.32. The molecule has 0 amide bonds. The molecule has 1 aliphatic heterocycles. The highest BCUT2D eigenvalue weighted by atomic mass is 127. The number of nitrogens with zero attached hydrogens (tertiary/aromatic N) is 1. The predicted octanol–water partition coefficient (Wildman–Crippen LogP) is 3.12. The molecule has 21 heavy (non-hydrogen) atoms. The zero-order valence-electron chi connectivity index (χ0n) is 11.8. The predicted molar refractivity (Wildman–Crippen MR) is 98.7 cm³/mol. The Balaban J connectivity index is 2.07. The van der Waals surface area contributed by atoms with E-state index in [1.54, 1.807) is 0 Å². The molecule has 4 rings (SSSR count). The number of halogens is 1. The molecule has 0 atom stereocenters. The lowest BCUT2D eigenvalue weighted by Crippen LogP contribution is -2.29. The highest BCUT2D eigenvalue weighted by Crippen LogP contribution is 2.34. The van der Waals surface area contributed by atoms with Gasteiger partial charge in [0.1, 0.15) is 7.85 Å². The summed E-state index contributed by atoms with van der Waals surface area (Å²) in [6.45, 7) is 2.19. The van der Waals surface area contributed by atoms with E-state index in [1.165, 1.54) is 38.2 Å². The molecular weight excluding hydrogens is 370 g/mol. The Morgan fingerprint density at radius 2 is 1.67 bits per heavy atom. The minimum atomic E-state index is 0.561. The fourth-order valence-corrected chi connectivity index (χ4v) is 3.97. The van der Waals surface area contributed by atoms with Crippen molar-refractivity contribution in [2.75, 3.05) is 13.1 Å². The Bertz CT molecular complexity index is 759. The van der Waals surface area contributed by atoms with Crippen LogP contribution in [-0.2, 0) is 0 Å². The van der Waals surface area contributed by atoms with Crippen molar-refractivity contribution in [2.24, 2.45) is 0 Å². The van der Waals surface area contributed by atoms with E-state index in [4.69, 9.17) is 7.85 Å². The lowest BCUT2D eigenvalue weighted by molar-refractivity contribution is 0.383. The average molecular weight is 386 g/mol. The first kappa shape index (κ1) is 13.6. The van der Waals surface area contributed by atoms with E-state index in [0.717, 1.165) is 18.6 Å². The Labute approximate surface area is 139 Å². The zero-order valence-corrected chi connectivity index (χ0v) is 13.9. The number of hydrogen-bond acceptors (Lipinski definition) is 1. The molecule has 2 aromatic carbocycles. The number of benzene rings is 2. The normalized spacial score (nSPS) is 16.8. The molecule has 1 aromatic heterocycles. The Hall–Kier alpha value is -1.01. The first-order chi connectivity index (χ1) is 10.2. The topological polar surface area (TPSA) is 17.0 Å². The van der Waals surface area contributed by atoms with Gasteiger partial charge in [-0.15, -0.1) is 0 Å². The van der Waals surface area contributed by atoms with Crippen LogP contribution in [0.3, 0.4) is 0 Å². The summed E-state index contributed by atoms with van der Waals surface area (Å²) in [7, 11) is 6.05. The summed E-state index contributed by atoms with van der Waals surface area (Å²) < 4.78 is 3.80. The molecular formula is C17H16BIN2. The lowest BCUT2D eigenvalue weighted by Gasteiger charge is -2.26. The van der Waals surface area contributed by atoms with Crippen molar-refractivity contribution in [1.82, 2.24) is 9.88 Å². The van der Waals surface area contributed by atoms with Crippen molar-refractivity contribution in [3.8, 4) is 0 Å². The SMILES string of the molecule is [B]c1ccc2c3ccc(I)cc3n(C3CCNCC3)c2c1. The monoisotopic (exact) mass is 386 g/mol. The van der Waals surface area contributed by atoms with E-state index in [9.17, 15) is 0 Å². The molecule has 1 aliphatic rings. The van der Waals surface area contributed by atoms with Gasteiger partial charge in [0.05, 0.1) is 5.52 Å².